The van der Waals surface area contributed by atoms with E-state index >= 15 is 0 Å². The zero-order chi connectivity index (χ0) is 17.6. The summed E-state index contributed by atoms with van der Waals surface area (Å²) in [5.74, 6) is -0.0817. The molecule has 0 fully saturated rings. The fraction of sp³-hybridized carbons (Fsp3) is 0.632. The number of ether oxygens (including phenoxy) is 1. The van der Waals surface area contributed by atoms with Gasteiger partial charge in [-0.2, -0.15) is 0 Å². The number of rotatable bonds is 1. The Morgan fingerprint density at radius 2 is 1.75 bits per heavy atom. The quantitative estimate of drug-likeness (QED) is 0.731. The molecule has 1 unspecified atom stereocenters. The molecule has 0 spiro atoms. The van der Waals surface area contributed by atoms with E-state index in [1.54, 1.807) is 7.11 Å². The van der Waals surface area contributed by atoms with Crippen LogP contribution in [0.25, 0.3) is 0 Å². The van der Waals surface area contributed by atoms with Crippen molar-refractivity contribution in [1.29, 1.82) is 0 Å². The maximum absolute atomic E-state index is 12.6. The van der Waals surface area contributed by atoms with E-state index in [9.17, 15) is 4.79 Å². The van der Waals surface area contributed by atoms with E-state index in [4.69, 9.17) is 4.74 Å². The van der Waals surface area contributed by atoms with E-state index in [-0.39, 0.29) is 11.4 Å². The van der Waals surface area contributed by atoms with Crippen LogP contribution in [0.3, 0.4) is 0 Å². The lowest BCUT2D eigenvalue weighted by Gasteiger charge is -2.34. The molecule has 1 heterocycles. The van der Waals surface area contributed by atoms with E-state index in [0.717, 1.165) is 25.9 Å². The van der Waals surface area contributed by atoms with E-state index < -0.39 is 5.60 Å². The Morgan fingerprint density at radius 3 is 2.46 bits per heavy atom. The highest BCUT2D eigenvalue weighted by atomic mass is 16.5. The van der Waals surface area contributed by atoms with Crippen molar-refractivity contribution in [1.82, 2.24) is 16.0 Å². The normalized spacial score (nSPS) is 26.1. The van der Waals surface area contributed by atoms with Gasteiger partial charge in [0.1, 0.15) is 0 Å². The van der Waals surface area contributed by atoms with Crippen LogP contribution >= 0.6 is 0 Å². The van der Waals surface area contributed by atoms with Gasteiger partial charge in [0.15, 0.2) is 5.60 Å². The van der Waals surface area contributed by atoms with Crippen LogP contribution in [0, 0.1) is 0 Å². The van der Waals surface area contributed by atoms with Crippen molar-refractivity contribution in [3.05, 3.63) is 35.4 Å². The number of hydrogen-bond acceptors (Lipinski definition) is 4. The number of hydrogen-bond donors (Lipinski definition) is 3. The fourth-order valence-corrected chi connectivity index (χ4v) is 2.94. The Kier molecular flexibility index (Phi) is 6.38. The third-order valence-electron chi connectivity index (χ3n) is 4.65. The van der Waals surface area contributed by atoms with Crippen LogP contribution in [-0.2, 0) is 22.5 Å². The number of carbonyl (C=O) groups is 1. The Bertz CT molecular complexity index is 559. The molecular weight excluding hydrogens is 302 g/mol. The van der Waals surface area contributed by atoms with Crippen LogP contribution in [0.4, 0.5) is 0 Å². The number of carbonyl (C=O) groups excluding carboxylic acids is 1. The van der Waals surface area contributed by atoms with Gasteiger partial charge in [-0.25, -0.2) is 0 Å². The number of amides is 1. The second-order valence-electron chi connectivity index (χ2n) is 7.43. The highest BCUT2D eigenvalue weighted by Crippen LogP contribution is 2.14. The minimum atomic E-state index is -0.862. The van der Waals surface area contributed by atoms with E-state index in [2.05, 4.69) is 40.2 Å². The van der Waals surface area contributed by atoms with Crippen molar-refractivity contribution in [2.24, 2.45) is 0 Å². The molecule has 0 saturated heterocycles. The van der Waals surface area contributed by atoms with Crippen LogP contribution in [-0.4, -0.2) is 43.8 Å². The summed E-state index contributed by atoms with van der Waals surface area (Å²) in [6.07, 6.45) is 2.06. The first-order chi connectivity index (χ1) is 11.4. The minimum absolute atomic E-state index is 0.0817. The summed E-state index contributed by atoms with van der Waals surface area (Å²) in [5.41, 5.74) is 1.51. The van der Waals surface area contributed by atoms with Gasteiger partial charge in [-0.05, 0) is 51.3 Å². The Labute approximate surface area is 145 Å². The first-order valence-electron chi connectivity index (χ1n) is 8.72. The van der Waals surface area contributed by atoms with Crippen molar-refractivity contribution in [2.75, 3.05) is 26.7 Å². The summed E-state index contributed by atoms with van der Waals surface area (Å²) in [7, 11) is 1.59. The maximum Gasteiger partial charge on any atom is 0.253 e. The maximum atomic E-state index is 12.6. The predicted octanol–water partition coefficient (Wildman–Crippen LogP) is 1.61. The Hall–Kier alpha value is -1.43. The summed E-state index contributed by atoms with van der Waals surface area (Å²) in [6.45, 7) is 8.75. The van der Waals surface area contributed by atoms with Gasteiger partial charge in [0.25, 0.3) is 5.91 Å². The number of methoxy groups -OCH3 is 1. The first kappa shape index (κ1) is 18.9. The summed E-state index contributed by atoms with van der Waals surface area (Å²) < 4.78 is 5.51. The molecule has 1 aliphatic rings. The molecule has 5 heteroatoms. The highest BCUT2D eigenvalue weighted by molar-refractivity contribution is 5.85. The monoisotopic (exact) mass is 333 g/mol. The van der Waals surface area contributed by atoms with Gasteiger partial charge in [0, 0.05) is 32.3 Å². The molecule has 1 aromatic carbocycles. The van der Waals surface area contributed by atoms with Crippen LogP contribution in [0.15, 0.2) is 24.3 Å². The molecule has 1 aromatic rings. The molecule has 1 atom stereocenters. The summed E-state index contributed by atoms with van der Waals surface area (Å²) in [6, 6.07) is 8.56. The summed E-state index contributed by atoms with van der Waals surface area (Å²) in [5, 5.41) is 9.96. The standard InChI is InChI=1S/C19H31N3O2/c1-18(2)13-21-12-16-9-6-5-8-15(16)10-7-11-20-14-19(3,24-4)17(23)22-18/h5-6,8-9,20-21H,7,10-14H2,1-4H3,(H,22,23). The predicted molar refractivity (Wildman–Crippen MR) is 97.0 cm³/mol. The van der Waals surface area contributed by atoms with E-state index in [1.165, 1.54) is 11.1 Å². The lowest BCUT2D eigenvalue weighted by atomic mass is 9.98. The molecule has 134 valence electrons. The SMILES string of the molecule is COC1(C)CNCCCc2ccccc2CNCC(C)(C)NC1=O. The number of aryl methyl sites for hydroxylation is 1. The molecule has 0 aromatic heterocycles. The van der Waals surface area contributed by atoms with Crippen LogP contribution in [0.2, 0.25) is 0 Å². The van der Waals surface area contributed by atoms with Crippen LogP contribution < -0.4 is 16.0 Å². The third kappa shape index (κ3) is 5.03. The van der Waals surface area contributed by atoms with Crippen molar-refractivity contribution < 1.29 is 9.53 Å². The number of nitrogens with one attached hydrogen (secondary N) is 3. The van der Waals surface area contributed by atoms with Crippen molar-refractivity contribution in [2.45, 2.75) is 51.3 Å². The molecule has 0 aliphatic carbocycles. The van der Waals surface area contributed by atoms with E-state index in [1.807, 2.05) is 20.8 Å². The number of fused-ring (bicyclic) bond motifs is 1. The molecule has 3 N–H and O–H groups in total. The second-order valence-corrected chi connectivity index (χ2v) is 7.43. The van der Waals surface area contributed by atoms with Gasteiger partial charge >= 0.3 is 0 Å². The second kappa shape index (κ2) is 8.10. The Balaban J connectivity index is 2.15. The van der Waals surface area contributed by atoms with Crippen LogP contribution in [0.1, 0.15) is 38.3 Å². The fourth-order valence-electron chi connectivity index (χ4n) is 2.94. The lowest BCUT2D eigenvalue weighted by molar-refractivity contribution is -0.142. The average Bonchev–Trinajstić information content (AvgIpc) is 2.54. The van der Waals surface area contributed by atoms with Crippen molar-refractivity contribution in [3.8, 4) is 0 Å². The van der Waals surface area contributed by atoms with Gasteiger partial charge in [0.05, 0.1) is 0 Å². The average molecular weight is 333 g/mol. The van der Waals surface area contributed by atoms with Gasteiger partial charge in [-0.1, -0.05) is 24.3 Å². The molecular formula is C19H31N3O2. The van der Waals surface area contributed by atoms with Gasteiger partial charge in [0.2, 0.25) is 0 Å². The molecule has 0 saturated carbocycles. The highest BCUT2D eigenvalue weighted by Gasteiger charge is 2.35. The smallest absolute Gasteiger partial charge is 0.253 e. The van der Waals surface area contributed by atoms with Crippen molar-refractivity contribution >= 4 is 5.91 Å². The van der Waals surface area contributed by atoms with Crippen LogP contribution in [0.5, 0.6) is 0 Å². The zero-order valence-corrected chi connectivity index (χ0v) is 15.4. The van der Waals surface area contributed by atoms with E-state index in [0.29, 0.717) is 13.1 Å². The first-order valence-corrected chi connectivity index (χ1v) is 8.72. The largest absolute Gasteiger partial charge is 0.367 e. The minimum Gasteiger partial charge on any atom is -0.367 e. The molecule has 0 bridgehead atoms. The Morgan fingerprint density at radius 1 is 1.04 bits per heavy atom. The zero-order valence-electron chi connectivity index (χ0n) is 15.4. The molecule has 24 heavy (non-hydrogen) atoms. The van der Waals surface area contributed by atoms with Gasteiger partial charge in [-0.3, -0.25) is 4.79 Å². The molecule has 1 amide bonds. The number of benzene rings is 1. The summed E-state index contributed by atoms with van der Waals surface area (Å²) >= 11 is 0. The molecule has 0 radical (unpaired) electrons. The third-order valence-corrected chi connectivity index (χ3v) is 4.65. The van der Waals surface area contributed by atoms with Gasteiger partial charge in [-0.15, -0.1) is 0 Å². The van der Waals surface area contributed by atoms with Crippen molar-refractivity contribution in [3.63, 3.8) is 0 Å². The topological polar surface area (TPSA) is 62.4 Å². The van der Waals surface area contributed by atoms with Gasteiger partial charge < -0.3 is 20.7 Å². The molecule has 5 nitrogen and oxygen atoms in total. The lowest BCUT2D eigenvalue weighted by Crippen LogP contribution is -2.59. The summed E-state index contributed by atoms with van der Waals surface area (Å²) in [4.78, 5) is 12.6. The molecule has 2 rings (SSSR count). The molecule has 1 aliphatic heterocycles.